The van der Waals surface area contributed by atoms with E-state index < -0.39 is 0 Å². The fraction of sp³-hybridized carbons (Fsp3) is 0.667. The van der Waals surface area contributed by atoms with Crippen molar-refractivity contribution in [2.45, 2.75) is 45.7 Å². The SMILES string of the molecule is COc1ccc(CNC2CCC(C)C(C)C2)cn1. The van der Waals surface area contributed by atoms with Crippen LogP contribution < -0.4 is 10.1 Å². The normalized spacial score (nSPS) is 28.1. The Kier molecular flexibility index (Phi) is 4.59. The van der Waals surface area contributed by atoms with Crippen LogP contribution in [0.5, 0.6) is 5.88 Å². The Labute approximate surface area is 110 Å². The molecule has 1 fully saturated rings. The van der Waals surface area contributed by atoms with Crippen molar-refractivity contribution in [2.75, 3.05) is 7.11 Å². The highest BCUT2D eigenvalue weighted by atomic mass is 16.5. The maximum Gasteiger partial charge on any atom is 0.212 e. The zero-order valence-electron chi connectivity index (χ0n) is 11.6. The molecule has 18 heavy (non-hydrogen) atoms. The Balaban J connectivity index is 1.80. The molecule has 0 saturated heterocycles. The van der Waals surface area contributed by atoms with Crippen LogP contribution in [0.15, 0.2) is 18.3 Å². The predicted octanol–water partition coefficient (Wildman–Crippen LogP) is 3.00. The van der Waals surface area contributed by atoms with Gasteiger partial charge in [-0.2, -0.15) is 0 Å². The molecule has 0 radical (unpaired) electrons. The fourth-order valence-corrected chi connectivity index (χ4v) is 2.63. The molecular formula is C15H24N2O. The third kappa shape index (κ3) is 3.45. The lowest BCUT2D eigenvalue weighted by molar-refractivity contribution is 0.225. The van der Waals surface area contributed by atoms with E-state index in [0.717, 1.165) is 18.4 Å². The summed E-state index contributed by atoms with van der Waals surface area (Å²) >= 11 is 0. The number of rotatable bonds is 4. The summed E-state index contributed by atoms with van der Waals surface area (Å²) in [5, 5.41) is 3.65. The van der Waals surface area contributed by atoms with Crippen LogP contribution in [0.4, 0.5) is 0 Å². The van der Waals surface area contributed by atoms with Gasteiger partial charge in [-0.1, -0.05) is 19.9 Å². The average molecular weight is 248 g/mol. The van der Waals surface area contributed by atoms with E-state index in [9.17, 15) is 0 Å². The van der Waals surface area contributed by atoms with E-state index in [2.05, 4.69) is 30.2 Å². The topological polar surface area (TPSA) is 34.1 Å². The van der Waals surface area contributed by atoms with Crippen molar-refractivity contribution >= 4 is 0 Å². The van der Waals surface area contributed by atoms with Crippen molar-refractivity contribution in [3.05, 3.63) is 23.9 Å². The maximum atomic E-state index is 5.06. The third-order valence-corrected chi connectivity index (χ3v) is 4.20. The van der Waals surface area contributed by atoms with Crippen molar-refractivity contribution in [1.82, 2.24) is 10.3 Å². The Morgan fingerprint density at radius 2 is 2.11 bits per heavy atom. The van der Waals surface area contributed by atoms with Crippen LogP contribution in [0.2, 0.25) is 0 Å². The molecule has 3 unspecified atom stereocenters. The second kappa shape index (κ2) is 6.19. The number of hydrogen-bond acceptors (Lipinski definition) is 3. The Morgan fingerprint density at radius 1 is 1.28 bits per heavy atom. The third-order valence-electron chi connectivity index (χ3n) is 4.20. The van der Waals surface area contributed by atoms with E-state index >= 15 is 0 Å². The Bertz CT molecular complexity index is 363. The van der Waals surface area contributed by atoms with Crippen LogP contribution in [0.1, 0.15) is 38.7 Å². The molecule has 100 valence electrons. The molecule has 1 aliphatic rings. The number of hydrogen-bond donors (Lipinski definition) is 1. The van der Waals surface area contributed by atoms with Crippen molar-refractivity contribution < 1.29 is 4.74 Å². The van der Waals surface area contributed by atoms with Crippen LogP contribution >= 0.6 is 0 Å². The number of pyridine rings is 1. The van der Waals surface area contributed by atoms with Gasteiger partial charge in [-0.15, -0.1) is 0 Å². The molecule has 0 bridgehead atoms. The summed E-state index contributed by atoms with van der Waals surface area (Å²) in [6, 6.07) is 4.66. The highest BCUT2D eigenvalue weighted by Crippen LogP contribution is 2.29. The number of nitrogens with zero attached hydrogens (tertiary/aromatic N) is 1. The van der Waals surface area contributed by atoms with Gasteiger partial charge in [-0.25, -0.2) is 4.98 Å². The quantitative estimate of drug-likeness (QED) is 0.889. The van der Waals surface area contributed by atoms with Crippen molar-refractivity contribution in [2.24, 2.45) is 11.8 Å². The zero-order chi connectivity index (χ0) is 13.0. The first-order chi connectivity index (χ1) is 8.69. The van der Waals surface area contributed by atoms with Crippen LogP contribution in [0, 0.1) is 11.8 Å². The van der Waals surface area contributed by atoms with E-state index in [1.54, 1.807) is 7.11 Å². The van der Waals surface area contributed by atoms with Gasteiger partial charge in [0.25, 0.3) is 0 Å². The molecule has 1 N–H and O–H groups in total. The number of nitrogens with one attached hydrogen (secondary N) is 1. The van der Waals surface area contributed by atoms with Gasteiger partial charge >= 0.3 is 0 Å². The standard InChI is InChI=1S/C15H24N2O/c1-11-4-6-14(8-12(11)2)16-9-13-5-7-15(18-3)17-10-13/h5,7,10-12,14,16H,4,6,8-9H2,1-3H3. The molecule has 3 atom stereocenters. The molecule has 1 aromatic heterocycles. The van der Waals surface area contributed by atoms with E-state index in [0.29, 0.717) is 11.9 Å². The van der Waals surface area contributed by atoms with Gasteiger partial charge in [0, 0.05) is 24.8 Å². The van der Waals surface area contributed by atoms with Crippen molar-refractivity contribution in [3.8, 4) is 5.88 Å². The van der Waals surface area contributed by atoms with Gasteiger partial charge in [-0.05, 0) is 36.7 Å². The molecule has 0 aromatic carbocycles. The minimum absolute atomic E-state index is 0.665. The molecule has 3 nitrogen and oxygen atoms in total. The van der Waals surface area contributed by atoms with Crippen molar-refractivity contribution in [1.29, 1.82) is 0 Å². The van der Waals surface area contributed by atoms with Gasteiger partial charge in [0.1, 0.15) is 0 Å². The second-order valence-corrected chi connectivity index (χ2v) is 5.55. The van der Waals surface area contributed by atoms with Gasteiger partial charge in [0.05, 0.1) is 7.11 Å². The summed E-state index contributed by atoms with van der Waals surface area (Å²) in [4.78, 5) is 4.23. The molecule has 2 rings (SSSR count). The van der Waals surface area contributed by atoms with Crippen LogP contribution in [0.3, 0.4) is 0 Å². The maximum absolute atomic E-state index is 5.06. The first-order valence-corrected chi connectivity index (χ1v) is 6.91. The van der Waals surface area contributed by atoms with Gasteiger partial charge < -0.3 is 10.1 Å². The van der Waals surface area contributed by atoms with E-state index in [1.807, 2.05) is 12.3 Å². The lowest BCUT2D eigenvalue weighted by Crippen LogP contribution is -2.35. The van der Waals surface area contributed by atoms with Gasteiger partial charge in [0.2, 0.25) is 5.88 Å². The van der Waals surface area contributed by atoms with Crippen LogP contribution in [-0.4, -0.2) is 18.1 Å². The van der Waals surface area contributed by atoms with Gasteiger partial charge in [-0.3, -0.25) is 0 Å². The molecule has 0 aliphatic heterocycles. The lowest BCUT2D eigenvalue weighted by atomic mass is 9.79. The smallest absolute Gasteiger partial charge is 0.212 e. The Hall–Kier alpha value is -1.09. The second-order valence-electron chi connectivity index (χ2n) is 5.55. The largest absolute Gasteiger partial charge is 0.481 e. The summed E-state index contributed by atoms with van der Waals surface area (Å²) in [5.41, 5.74) is 1.22. The fourth-order valence-electron chi connectivity index (χ4n) is 2.63. The van der Waals surface area contributed by atoms with E-state index in [4.69, 9.17) is 4.74 Å². The van der Waals surface area contributed by atoms with Crippen molar-refractivity contribution in [3.63, 3.8) is 0 Å². The average Bonchev–Trinajstić information content (AvgIpc) is 2.41. The first-order valence-electron chi connectivity index (χ1n) is 6.91. The monoisotopic (exact) mass is 248 g/mol. The molecule has 1 aliphatic carbocycles. The summed E-state index contributed by atoms with van der Waals surface area (Å²) in [7, 11) is 1.64. The van der Waals surface area contributed by atoms with E-state index in [-0.39, 0.29) is 0 Å². The van der Waals surface area contributed by atoms with E-state index in [1.165, 1.54) is 24.8 Å². The first kappa shape index (κ1) is 13.3. The zero-order valence-corrected chi connectivity index (χ0v) is 11.6. The summed E-state index contributed by atoms with van der Waals surface area (Å²) < 4.78 is 5.06. The summed E-state index contributed by atoms with van der Waals surface area (Å²) in [5.74, 6) is 2.40. The molecule has 3 heteroatoms. The summed E-state index contributed by atoms with van der Waals surface area (Å²) in [6.45, 7) is 5.64. The lowest BCUT2D eigenvalue weighted by Gasteiger charge is -2.32. The molecule has 0 amide bonds. The molecule has 0 spiro atoms. The summed E-state index contributed by atoms with van der Waals surface area (Å²) in [6.07, 6.45) is 5.83. The highest BCUT2D eigenvalue weighted by molar-refractivity contribution is 5.17. The molecular weight excluding hydrogens is 224 g/mol. The minimum Gasteiger partial charge on any atom is -0.481 e. The molecule has 1 aromatic rings. The number of aromatic nitrogens is 1. The molecule has 1 heterocycles. The Morgan fingerprint density at radius 3 is 2.72 bits per heavy atom. The number of methoxy groups -OCH3 is 1. The van der Waals surface area contributed by atoms with Gasteiger partial charge in [0.15, 0.2) is 0 Å². The predicted molar refractivity (Wildman–Crippen MR) is 73.6 cm³/mol. The van der Waals surface area contributed by atoms with Crippen LogP contribution in [-0.2, 0) is 6.54 Å². The van der Waals surface area contributed by atoms with Crippen LogP contribution in [0.25, 0.3) is 0 Å². The molecule has 1 saturated carbocycles. The number of ether oxygens (including phenoxy) is 1. The minimum atomic E-state index is 0.665. The highest BCUT2D eigenvalue weighted by Gasteiger charge is 2.23.